The van der Waals surface area contributed by atoms with E-state index in [0.29, 0.717) is 0 Å². The molecule has 86 valence electrons. The summed E-state index contributed by atoms with van der Waals surface area (Å²) < 4.78 is 5.59. The molecule has 1 rings (SSSR count). The van der Waals surface area contributed by atoms with Crippen molar-refractivity contribution in [2.24, 2.45) is 0 Å². The average molecular weight is 208 g/mol. The number of hydrogen-bond donors (Lipinski definition) is 0. The molecular formula is C14H24O. The smallest absolute Gasteiger partial charge is 0.119 e. The quantitative estimate of drug-likeness (QED) is 0.643. The summed E-state index contributed by atoms with van der Waals surface area (Å²) in [4.78, 5) is 0. The number of rotatable bonds is 5. The van der Waals surface area contributed by atoms with Crippen LogP contribution in [0.2, 0.25) is 0 Å². The van der Waals surface area contributed by atoms with E-state index in [2.05, 4.69) is 26.0 Å². The van der Waals surface area contributed by atoms with Crippen molar-refractivity contribution in [3.05, 3.63) is 29.8 Å². The molecule has 0 spiro atoms. The van der Waals surface area contributed by atoms with Crippen LogP contribution in [0.15, 0.2) is 24.3 Å². The van der Waals surface area contributed by atoms with Gasteiger partial charge in [0.25, 0.3) is 0 Å². The molecule has 0 amide bonds. The van der Waals surface area contributed by atoms with Gasteiger partial charge < -0.3 is 4.74 Å². The van der Waals surface area contributed by atoms with Gasteiger partial charge in [-0.05, 0) is 31.0 Å². The molecule has 0 saturated heterocycles. The SMILES string of the molecule is CC.CCCCCOc1cccc(C)c1. The van der Waals surface area contributed by atoms with Gasteiger partial charge in [0.05, 0.1) is 6.61 Å². The lowest BCUT2D eigenvalue weighted by Crippen LogP contribution is -1.96. The second kappa shape index (κ2) is 9.57. The van der Waals surface area contributed by atoms with Gasteiger partial charge in [-0.25, -0.2) is 0 Å². The number of benzene rings is 1. The second-order valence-corrected chi connectivity index (χ2v) is 3.37. The zero-order valence-electron chi connectivity index (χ0n) is 10.5. The van der Waals surface area contributed by atoms with Crippen LogP contribution in [0.5, 0.6) is 5.75 Å². The summed E-state index contributed by atoms with van der Waals surface area (Å²) in [5.74, 6) is 0.996. The number of unbranched alkanes of at least 4 members (excludes halogenated alkanes) is 2. The standard InChI is InChI=1S/C12H18O.C2H6/c1-3-4-5-9-13-12-8-6-7-11(2)10-12;1-2/h6-8,10H,3-5,9H2,1-2H3;1-2H3. The van der Waals surface area contributed by atoms with Crippen molar-refractivity contribution >= 4 is 0 Å². The molecule has 0 bridgehead atoms. The highest BCUT2D eigenvalue weighted by atomic mass is 16.5. The lowest BCUT2D eigenvalue weighted by molar-refractivity contribution is 0.306. The van der Waals surface area contributed by atoms with Gasteiger partial charge in [0, 0.05) is 0 Å². The Labute approximate surface area is 94.5 Å². The predicted molar refractivity (Wildman–Crippen MR) is 67.5 cm³/mol. The molecule has 0 aromatic heterocycles. The molecule has 0 fully saturated rings. The Morgan fingerprint density at radius 3 is 2.47 bits per heavy atom. The summed E-state index contributed by atoms with van der Waals surface area (Å²) >= 11 is 0. The summed E-state index contributed by atoms with van der Waals surface area (Å²) in [6, 6.07) is 8.20. The normalized spacial score (nSPS) is 9.07. The zero-order chi connectivity index (χ0) is 11.5. The highest BCUT2D eigenvalue weighted by molar-refractivity contribution is 5.27. The van der Waals surface area contributed by atoms with Crippen molar-refractivity contribution < 1.29 is 4.74 Å². The van der Waals surface area contributed by atoms with Crippen LogP contribution in [0.1, 0.15) is 45.6 Å². The van der Waals surface area contributed by atoms with Crippen molar-refractivity contribution in [2.75, 3.05) is 6.61 Å². The molecular weight excluding hydrogens is 184 g/mol. The molecule has 0 aliphatic carbocycles. The van der Waals surface area contributed by atoms with Gasteiger partial charge in [-0.3, -0.25) is 0 Å². The fourth-order valence-corrected chi connectivity index (χ4v) is 1.25. The minimum absolute atomic E-state index is 0.845. The fraction of sp³-hybridized carbons (Fsp3) is 0.571. The van der Waals surface area contributed by atoms with E-state index in [9.17, 15) is 0 Å². The van der Waals surface area contributed by atoms with E-state index >= 15 is 0 Å². The van der Waals surface area contributed by atoms with E-state index in [1.54, 1.807) is 0 Å². The number of hydrogen-bond acceptors (Lipinski definition) is 1. The first kappa shape index (κ1) is 14.0. The van der Waals surface area contributed by atoms with Crippen LogP contribution < -0.4 is 4.74 Å². The molecule has 0 unspecified atom stereocenters. The van der Waals surface area contributed by atoms with E-state index in [0.717, 1.165) is 18.8 Å². The second-order valence-electron chi connectivity index (χ2n) is 3.37. The number of aryl methyl sites for hydroxylation is 1. The maximum Gasteiger partial charge on any atom is 0.119 e. The molecule has 1 heteroatoms. The Morgan fingerprint density at radius 2 is 1.87 bits per heavy atom. The molecule has 15 heavy (non-hydrogen) atoms. The Hall–Kier alpha value is -0.980. The predicted octanol–water partition coefficient (Wildman–Crippen LogP) is 4.59. The Kier molecular flexibility index (Phi) is 8.95. The monoisotopic (exact) mass is 208 g/mol. The van der Waals surface area contributed by atoms with Crippen molar-refractivity contribution in [3.63, 3.8) is 0 Å². The number of ether oxygens (including phenoxy) is 1. The van der Waals surface area contributed by atoms with Crippen LogP contribution in [-0.2, 0) is 0 Å². The molecule has 0 saturated carbocycles. The van der Waals surface area contributed by atoms with Gasteiger partial charge in [-0.2, -0.15) is 0 Å². The third-order valence-electron chi connectivity index (χ3n) is 2.01. The van der Waals surface area contributed by atoms with Gasteiger partial charge >= 0.3 is 0 Å². The summed E-state index contributed by atoms with van der Waals surface area (Å²) in [5.41, 5.74) is 1.26. The minimum Gasteiger partial charge on any atom is -0.494 e. The van der Waals surface area contributed by atoms with E-state index in [1.165, 1.54) is 18.4 Å². The van der Waals surface area contributed by atoms with Crippen LogP contribution in [0.3, 0.4) is 0 Å². The minimum atomic E-state index is 0.845. The van der Waals surface area contributed by atoms with Crippen LogP contribution >= 0.6 is 0 Å². The van der Waals surface area contributed by atoms with Crippen LogP contribution in [0, 0.1) is 6.92 Å². The highest BCUT2D eigenvalue weighted by Gasteiger charge is 1.92. The largest absolute Gasteiger partial charge is 0.494 e. The summed E-state index contributed by atoms with van der Waals surface area (Å²) in [6.07, 6.45) is 3.66. The van der Waals surface area contributed by atoms with Crippen LogP contribution in [0.25, 0.3) is 0 Å². The van der Waals surface area contributed by atoms with Crippen molar-refractivity contribution in [1.29, 1.82) is 0 Å². The maximum atomic E-state index is 5.59. The van der Waals surface area contributed by atoms with Gasteiger partial charge in [0.1, 0.15) is 5.75 Å². The molecule has 1 aromatic rings. The average Bonchev–Trinajstić information content (AvgIpc) is 2.27. The highest BCUT2D eigenvalue weighted by Crippen LogP contribution is 2.12. The molecule has 0 heterocycles. The Morgan fingerprint density at radius 1 is 1.13 bits per heavy atom. The summed E-state index contributed by atoms with van der Waals surface area (Å²) in [6.45, 7) is 9.13. The first-order valence-corrected chi connectivity index (χ1v) is 6.02. The van der Waals surface area contributed by atoms with E-state index in [-0.39, 0.29) is 0 Å². The maximum absolute atomic E-state index is 5.59. The van der Waals surface area contributed by atoms with E-state index in [4.69, 9.17) is 4.74 Å². The first-order chi connectivity index (χ1) is 7.33. The van der Waals surface area contributed by atoms with Crippen molar-refractivity contribution in [1.82, 2.24) is 0 Å². The Balaban J connectivity index is 0.000000921. The third-order valence-corrected chi connectivity index (χ3v) is 2.01. The molecule has 0 N–H and O–H groups in total. The van der Waals surface area contributed by atoms with Crippen LogP contribution in [0.4, 0.5) is 0 Å². The van der Waals surface area contributed by atoms with Gasteiger partial charge in [0.15, 0.2) is 0 Å². The molecule has 0 atom stereocenters. The van der Waals surface area contributed by atoms with Crippen molar-refractivity contribution in [3.8, 4) is 5.75 Å². The summed E-state index contributed by atoms with van der Waals surface area (Å²) in [5, 5.41) is 0. The topological polar surface area (TPSA) is 9.23 Å². The first-order valence-electron chi connectivity index (χ1n) is 6.02. The molecule has 1 aromatic carbocycles. The Bertz CT molecular complexity index is 243. The fourth-order valence-electron chi connectivity index (χ4n) is 1.25. The lowest BCUT2D eigenvalue weighted by atomic mass is 10.2. The molecule has 0 radical (unpaired) electrons. The van der Waals surface area contributed by atoms with Gasteiger partial charge in [0.2, 0.25) is 0 Å². The van der Waals surface area contributed by atoms with E-state index in [1.807, 2.05) is 26.0 Å². The van der Waals surface area contributed by atoms with Gasteiger partial charge in [-0.1, -0.05) is 45.7 Å². The van der Waals surface area contributed by atoms with E-state index < -0.39 is 0 Å². The molecule has 1 nitrogen and oxygen atoms in total. The van der Waals surface area contributed by atoms with Crippen molar-refractivity contribution in [2.45, 2.75) is 47.0 Å². The summed E-state index contributed by atoms with van der Waals surface area (Å²) in [7, 11) is 0. The van der Waals surface area contributed by atoms with Crippen LogP contribution in [-0.4, -0.2) is 6.61 Å². The third kappa shape index (κ3) is 7.01. The molecule has 0 aliphatic heterocycles. The molecule has 0 aliphatic rings. The van der Waals surface area contributed by atoms with Gasteiger partial charge in [-0.15, -0.1) is 0 Å². The lowest BCUT2D eigenvalue weighted by Gasteiger charge is -2.05. The zero-order valence-corrected chi connectivity index (χ0v) is 10.5.